The maximum Gasteiger partial charge on any atom is 0.338 e. The van der Waals surface area contributed by atoms with Gasteiger partial charge in [0.15, 0.2) is 35.8 Å². The van der Waals surface area contributed by atoms with Crippen LogP contribution in [0, 0.1) is 23.2 Å². The summed E-state index contributed by atoms with van der Waals surface area (Å²) >= 11 is 0. The molecule has 15 nitrogen and oxygen atoms in total. The molecule has 4 rings (SSSR count). The van der Waals surface area contributed by atoms with Crippen molar-refractivity contribution in [3.8, 4) is 0 Å². The first-order valence-corrected chi connectivity index (χ1v) is 17.8. The zero-order valence-electron chi connectivity index (χ0n) is 32.0. The molecule has 296 valence electrons. The van der Waals surface area contributed by atoms with Crippen molar-refractivity contribution < 1.29 is 72.2 Å². The molecule has 3 aliphatic rings. The number of aliphatic hydroxyl groups is 2. The van der Waals surface area contributed by atoms with Gasteiger partial charge in [0, 0.05) is 51.4 Å². The average molecular weight is 759 g/mol. The van der Waals surface area contributed by atoms with Crippen LogP contribution < -0.4 is 0 Å². The molecule has 2 N–H and O–H groups in total. The highest BCUT2D eigenvalue weighted by Gasteiger charge is 2.74. The number of benzene rings is 1. The van der Waals surface area contributed by atoms with Crippen LogP contribution in [0.3, 0.4) is 0 Å². The van der Waals surface area contributed by atoms with Crippen molar-refractivity contribution in [1.82, 2.24) is 0 Å². The maximum absolute atomic E-state index is 14.6. The molecule has 1 aromatic rings. The quantitative estimate of drug-likeness (QED) is 0.232. The van der Waals surface area contributed by atoms with Crippen LogP contribution in [0.15, 0.2) is 42.5 Å². The van der Waals surface area contributed by atoms with Crippen molar-refractivity contribution in [1.29, 1.82) is 0 Å². The van der Waals surface area contributed by atoms with Gasteiger partial charge in [-0.2, -0.15) is 0 Å². The summed E-state index contributed by atoms with van der Waals surface area (Å²) < 4.78 is 36.0. The Kier molecular flexibility index (Phi) is 12.2. The van der Waals surface area contributed by atoms with Gasteiger partial charge >= 0.3 is 35.8 Å². The Hall–Kier alpha value is -4.63. The third kappa shape index (κ3) is 8.36. The van der Waals surface area contributed by atoms with Crippen LogP contribution in [0.1, 0.15) is 91.9 Å². The summed E-state index contributed by atoms with van der Waals surface area (Å²) in [6, 6.07) is 7.55. The third-order valence-electron chi connectivity index (χ3n) is 10.3. The van der Waals surface area contributed by atoms with Crippen LogP contribution in [-0.4, -0.2) is 99.1 Å². The van der Waals surface area contributed by atoms with Crippen molar-refractivity contribution in [2.75, 3.05) is 0 Å². The Balaban J connectivity index is 2.24. The monoisotopic (exact) mass is 758 g/mol. The summed E-state index contributed by atoms with van der Waals surface area (Å²) in [4.78, 5) is 94.7. The fourth-order valence-electron chi connectivity index (χ4n) is 7.81. The van der Waals surface area contributed by atoms with E-state index in [4.69, 9.17) is 28.4 Å². The van der Waals surface area contributed by atoms with E-state index in [9.17, 15) is 43.8 Å². The van der Waals surface area contributed by atoms with Crippen molar-refractivity contribution >= 4 is 41.6 Å². The lowest BCUT2D eigenvalue weighted by Crippen LogP contribution is -2.71. The second-order valence-electron chi connectivity index (χ2n) is 15.6. The Bertz CT molecular complexity index is 1680. The highest BCUT2D eigenvalue weighted by Crippen LogP contribution is 2.54. The molecule has 1 saturated carbocycles. The minimum Gasteiger partial charge on any atom is -0.459 e. The molecule has 0 unspecified atom stereocenters. The molecule has 0 bridgehead atoms. The summed E-state index contributed by atoms with van der Waals surface area (Å²) in [5.41, 5.74) is -8.73. The van der Waals surface area contributed by atoms with E-state index in [0.717, 1.165) is 20.8 Å². The van der Waals surface area contributed by atoms with Gasteiger partial charge in [-0.15, -0.1) is 0 Å². The van der Waals surface area contributed by atoms with Crippen molar-refractivity contribution in [2.45, 2.75) is 129 Å². The highest BCUT2D eigenvalue weighted by atomic mass is 16.7. The molecule has 1 aliphatic heterocycles. The summed E-state index contributed by atoms with van der Waals surface area (Å²) in [5.74, 6) is -10.4. The van der Waals surface area contributed by atoms with Gasteiger partial charge in [0.05, 0.1) is 17.4 Å². The zero-order valence-corrected chi connectivity index (χ0v) is 32.0. The number of ether oxygens (including phenoxy) is 6. The number of allylic oxidation sites excluding steroid dienone is 1. The molecular formula is C39H50O15. The number of rotatable bonds is 7. The van der Waals surface area contributed by atoms with Gasteiger partial charge in [0.1, 0.15) is 17.3 Å². The normalized spacial score (nSPS) is 35.4. The zero-order chi connectivity index (χ0) is 40.6. The standard InChI is InChI=1S/C39H50O15/c1-20(2)34(45)53-33-28(49-22(4)40)32(51-24(6)42)36(7,8)17-15-21(3)29(44)38(48)19-37(9,47)30(50-23(5)41)27(38)31-39(33,18-16-26(43)52-31)54-35(46)25-13-11-10-12-14-25/h10-15,17,20-21,27-28,30-33,47-48H,16,18-19H2,1-9H3/b17-15+/t21-,27+,28-,30+,31+,32+,33+,37+,38+,39-/m0/s1. The summed E-state index contributed by atoms with van der Waals surface area (Å²) in [7, 11) is 0. The van der Waals surface area contributed by atoms with E-state index in [-0.39, 0.29) is 5.56 Å². The number of esters is 6. The molecule has 1 heterocycles. The van der Waals surface area contributed by atoms with E-state index >= 15 is 0 Å². The molecule has 1 saturated heterocycles. The predicted octanol–water partition coefficient (Wildman–Crippen LogP) is 2.95. The second-order valence-corrected chi connectivity index (χ2v) is 15.6. The smallest absolute Gasteiger partial charge is 0.338 e. The van der Waals surface area contributed by atoms with E-state index < -0.39 is 131 Å². The van der Waals surface area contributed by atoms with E-state index in [1.165, 1.54) is 52.0 Å². The lowest BCUT2D eigenvalue weighted by Gasteiger charge is -2.53. The lowest BCUT2D eigenvalue weighted by atomic mass is 9.66. The molecule has 2 aliphatic carbocycles. The Morgan fingerprint density at radius 3 is 1.96 bits per heavy atom. The first-order valence-electron chi connectivity index (χ1n) is 17.8. The Morgan fingerprint density at radius 1 is 0.833 bits per heavy atom. The first kappa shape index (κ1) is 42.1. The maximum atomic E-state index is 14.6. The minimum absolute atomic E-state index is 0.0265. The number of hydrogen-bond acceptors (Lipinski definition) is 15. The predicted molar refractivity (Wildman–Crippen MR) is 186 cm³/mol. The largest absolute Gasteiger partial charge is 0.459 e. The third-order valence-corrected chi connectivity index (χ3v) is 10.3. The van der Waals surface area contributed by atoms with Crippen LogP contribution in [0.2, 0.25) is 0 Å². The van der Waals surface area contributed by atoms with Crippen LogP contribution in [0.25, 0.3) is 0 Å². The van der Waals surface area contributed by atoms with E-state index in [1.807, 2.05) is 0 Å². The van der Waals surface area contributed by atoms with Crippen LogP contribution in [-0.2, 0) is 57.2 Å². The number of fused-ring (bicyclic) bond motifs is 3. The minimum atomic E-state index is -2.66. The first-order chi connectivity index (χ1) is 25.0. The summed E-state index contributed by atoms with van der Waals surface area (Å²) in [6.45, 7) is 12.0. The number of Topliss-reactive ketones (excluding diaryl/α,β-unsaturated/α-hetero) is 1. The number of hydrogen-bond donors (Lipinski definition) is 2. The molecule has 0 spiro atoms. The SMILES string of the molecule is CC(=O)O[C@H]1[C@@H](OC(C)=O)C(C)(C)/C=C/[C@H](C)C(=O)[C@@]2(O)C[C@@](C)(O)[C@H](OC(C)=O)[C@@H]2[C@H]2OC(=O)CC[C@@]2(OC(=O)c2ccccc2)[C@@H]1OC(=O)C(C)C. The van der Waals surface area contributed by atoms with E-state index in [1.54, 1.807) is 32.0 Å². The van der Waals surface area contributed by atoms with Crippen molar-refractivity contribution in [2.24, 2.45) is 23.2 Å². The van der Waals surface area contributed by atoms with Crippen molar-refractivity contribution in [3.63, 3.8) is 0 Å². The molecule has 0 aromatic heterocycles. The fraction of sp³-hybridized carbons (Fsp3) is 0.615. The summed E-state index contributed by atoms with van der Waals surface area (Å²) in [6.07, 6.45) is -8.12. The number of ketones is 1. The van der Waals surface area contributed by atoms with Crippen LogP contribution in [0.5, 0.6) is 0 Å². The molecule has 15 heteroatoms. The molecule has 0 radical (unpaired) electrons. The second kappa shape index (κ2) is 15.6. The number of carbonyl (C=O) groups excluding carboxylic acids is 7. The Labute approximate surface area is 313 Å². The van der Waals surface area contributed by atoms with E-state index in [2.05, 4.69) is 0 Å². The lowest BCUT2D eigenvalue weighted by molar-refractivity contribution is -0.264. The van der Waals surface area contributed by atoms with Gasteiger partial charge in [0.2, 0.25) is 0 Å². The Morgan fingerprint density at radius 2 is 1.41 bits per heavy atom. The molecule has 10 atom stereocenters. The van der Waals surface area contributed by atoms with Gasteiger partial charge in [-0.1, -0.05) is 65.0 Å². The van der Waals surface area contributed by atoms with Crippen molar-refractivity contribution in [3.05, 3.63) is 48.0 Å². The number of carbonyl (C=O) groups is 7. The topological polar surface area (TPSA) is 215 Å². The van der Waals surface area contributed by atoms with Gasteiger partial charge in [-0.25, -0.2) is 4.79 Å². The molecule has 2 fully saturated rings. The highest BCUT2D eigenvalue weighted by molar-refractivity contribution is 5.92. The van der Waals surface area contributed by atoms with Gasteiger partial charge < -0.3 is 38.6 Å². The molecule has 1 aromatic carbocycles. The van der Waals surface area contributed by atoms with Gasteiger partial charge in [0.25, 0.3) is 0 Å². The van der Waals surface area contributed by atoms with Crippen LogP contribution >= 0.6 is 0 Å². The van der Waals surface area contributed by atoms with Gasteiger partial charge in [-0.3, -0.25) is 28.8 Å². The molecular weight excluding hydrogens is 708 g/mol. The fourth-order valence-corrected chi connectivity index (χ4v) is 7.81. The average Bonchev–Trinajstić information content (AvgIpc) is 3.27. The molecule has 54 heavy (non-hydrogen) atoms. The van der Waals surface area contributed by atoms with Gasteiger partial charge in [-0.05, 0) is 19.1 Å². The van der Waals surface area contributed by atoms with Crippen LogP contribution in [0.4, 0.5) is 0 Å². The molecule has 0 amide bonds. The van der Waals surface area contributed by atoms with E-state index in [0.29, 0.717) is 0 Å². The summed E-state index contributed by atoms with van der Waals surface area (Å²) in [5, 5.41) is 24.5.